The van der Waals surface area contributed by atoms with Gasteiger partial charge in [0.25, 0.3) is 11.5 Å². The van der Waals surface area contributed by atoms with Crippen molar-refractivity contribution in [3.63, 3.8) is 0 Å². The Morgan fingerprint density at radius 3 is 2.83 bits per heavy atom. The molecule has 0 fully saturated rings. The van der Waals surface area contributed by atoms with Crippen LogP contribution in [0, 0.1) is 0 Å². The van der Waals surface area contributed by atoms with Crippen molar-refractivity contribution in [2.45, 2.75) is 12.6 Å². The van der Waals surface area contributed by atoms with Gasteiger partial charge in [-0.05, 0) is 23.3 Å². The van der Waals surface area contributed by atoms with E-state index >= 15 is 0 Å². The van der Waals surface area contributed by atoms with Crippen LogP contribution in [0.3, 0.4) is 0 Å². The number of aromatic nitrogens is 2. The molecule has 3 heterocycles. The molecule has 6 nitrogen and oxygen atoms in total. The molecular formula is C18H15N3O3. The number of hydrogen-bond acceptors (Lipinski definition) is 4. The quantitative estimate of drug-likeness (QED) is 0.735. The van der Waals surface area contributed by atoms with Gasteiger partial charge in [-0.3, -0.25) is 14.0 Å². The van der Waals surface area contributed by atoms with E-state index in [4.69, 9.17) is 0 Å². The van der Waals surface area contributed by atoms with Crippen LogP contribution in [0.15, 0.2) is 59.7 Å². The van der Waals surface area contributed by atoms with Gasteiger partial charge in [-0.25, -0.2) is 4.98 Å². The number of carbonyl (C=O) groups excluding carboxylic acids is 1. The molecule has 1 aliphatic rings. The Balaban J connectivity index is 1.73. The molecule has 1 atom stereocenters. The van der Waals surface area contributed by atoms with Crippen LogP contribution in [-0.2, 0) is 6.54 Å². The van der Waals surface area contributed by atoms with Gasteiger partial charge in [0.1, 0.15) is 11.2 Å². The van der Waals surface area contributed by atoms with Gasteiger partial charge in [0.05, 0.1) is 12.6 Å². The zero-order valence-corrected chi connectivity index (χ0v) is 12.8. The van der Waals surface area contributed by atoms with Gasteiger partial charge in [-0.15, -0.1) is 0 Å². The molecule has 1 aromatic carbocycles. The molecule has 0 radical (unpaired) electrons. The van der Waals surface area contributed by atoms with Crippen molar-refractivity contribution in [3.8, 4) is 0 Å². The first kappa shape index (κ1) is 14.6. The minimum absolute atomic E-state index is 0.00489. The maximum Gasteiger partial charge on any atom is 0.270 e. The molecule has 24 heavy (non-hydrogen) atoms. The summed E-state index contributed by atoms with van der Waals surface area (Å²) < 4.78 is 1.35. The van der Waals surface area contributed by atoms with Gasteiger partial charge in [-0.1, -0.05) is 30.3 Å². The number of hydrogen-bond donors (Lipinski definition) is 1. The molecule has 1 amide bonds. The van der Waals surface area contributed by atoms with Crippen LogP contribution in [0.5, 0.6) is 0 Å². The number of aliphatic hydroxyl groups excluding tert-OH is 1. The fourth-order valence-corrected chi connectivity index (χ4v) is 3.08. The SMILES string of the molecule is O=C(c1cnc2ccccn2c1=O)N1Cc2ccccc2[C@@H](O)C1. The molecule has 0 aliphatic carbocycles. The second-order valence-electron chi connectivity index (χ2n) is 5.81. The number of rotatable bonds is 1. The molecule has 0 bridgehead atoms. The molecule has 0 saturated heterocycles. The lowest BCUT2D eigenvalue weighted by atomic mass is 9.97. The van der Waals surface area contributed by atoms with E-state index in [0.717, 1.165) is 11.1 Å². The van der Waals surface area contributed by atoms with Gasteiger partial charge in [0.2, 0.25) is 0 Å². The van der Waals surface area contributed by atoms with Crippen molar-refractivity contribution in [2.24, 2.45) is 0 Å². The highest BCUT2D eigenvalue weighted by molar-refractivity contribution is 5.94. The van der Waals surface area contributed by atoms with Gasteiger partial charge >= 0.3 is 0 Å². The number of β-amino-alcohol motifs (C(OH)–C–C–N with tert-alkyl or cyclic N) is 1. The van der Waals surface area contributed by atoms with Crippen LogP contribution in [0.2, 0.25) is 0 Å². The Bertz CT molecular complexity index is 996. The molecule has 2 aromatic heterocycles. The van der Waals surface area contributed by atoms with Crippen LogP contribution < -0.4 is 5.56 Å². The molecule has 6 heteroatoms. The molecular weight excluding hydrogens is 306 g/mol. The Labute approximate surface area is 137 Å². The number of benzene rings is 1. The topological polar surface area (TPSA) is 74.9 Å². The maximum absolute atomic E-state index is 12.8. The third-order valence-corrected chi connectivity index (χ3v) is 4.30. The van der Waals surface area contributed by atoms with Crippen molar-refractivity contribution in [1.82, 2.24) is 14.3 Å². The third-order valence-electron chi connectivity index (χ3n) is 4.30. The van der Waals surface area contributed by atoms with E-state index in [1.165, 1.54) is 15.5 Å². The standard InChI is InChI=1S/C18H15N3O3/c22-15-11-20(10-12-5-1-2-6-13(12)15)17(23)14-9-19-16-7-3-4-8-21(16)18(14)24/h1-9,15,22H,10-11H2/t15-/m0/s1. The summed E-state index contributed by atoms with van der Waals surface area (Å²) in [5.74, 6) is -0.417. The highest BCUT2D eigenvalue weighted by Crippen LogP contribution is 2.26. The number of nitrogens with zero attached hydrogens (tertiary/aromatic N) is 3. The van der Waals surface area contributed by atoms with Crippen LogP contribution >= 0.6 is 0 Å². The second-order valence-corrected chi connectivity index (χ2v) is 5.81. The van der Waals surface area contributed by atoms with Gasteiger partial charge in [0.15, 0.2) is 0 Å². The van der Waals surface area contributed by atoms with E-state index in [9.17, 15) is 14.7 Å². The molecule has 3 aromatic rings. The van der Waals surface area contributed by atoms with Crippen LogP contribution in [0.4, 0.5) is 0 Å². The summed E-state index contributed by atoms with van der Waals surface area (Å²) in [6.45, 7) is 0.524. The summed E-state index contributed by atoms with van der Waals surface area (Å²) in [6.07, 6.45) is 2.14. The summed E-state index contributed by atoms with van der Waals surface area (Å²) in [5, 5.41) is 10.3. The molecule has 4 rings (SSSR count). The largest absolute Gasteiger partial charge is 0.387 e. The first-order valence-corrected chi connectivity index (χ1v) is 7.66. The predicted molar refractivity (Wildman–Crippen MR) is 87.6 cm³/mol. The Morgan fingerprint density at radius 2 is 1.96 bits per heavy atom. The van der Waals surface area contributed by atoms with Crippen LogP contribution in [0.1, 0.15) is 27.6 Å². The summed E-state index contributed by atoms with van der Waals surface area (Å²) in [6, 6.07) is 12.7. The van der Waals surface area contributed by atoms with Crippen LogP contribution in [0.25, 0.3) is 5.65 Å². The van der Waals surface area contributed by atoms with Crippen molar-refractivity contribution < 1.29 is 9.90 Å². The normalized spacial score (nSPS) is 16.9. The zero-order chi connectivity index (χ0) is 16.7. The van der Waals surface area contributed by atoms with E-state index in [0.29, 0.717) is 12.2 Å². The Hall–Kier alpha value is -2.99. The molecule has 1 N–H and O–H groups in total. The van der Waals surface area contributed by atoms with Crippen molar-refractivity contribution in [3.05, 3.63) is 81.9 Å². The lowest BCUT2D eigenvalue weighted by molar-refractivity contribution is 0.0548. The average Bonchev–Trinajstić information content (AvgIpc) is 2.62. The van der Waals surface area contributed by atoms with E-state index < -0.39 is 17.6 Å². The van der Waals surface area contributed by atoms with Crippen molar-refractivity contribution in [1.29, 1.82) is 0 Å². The molecule has 0 spiro atoms. The smallest absolute Gasteiger partial charge is 0.270 e. The lowest BCUT2D eigenvalue weighted by Crippen LogP contribution is -2.40. The second kappa shape index (κ2) is 5.58. The highest BCUT2D eigenvalue weighted by atomic mass is 16.3. The molecule has 0 saturated carbocycles. The predicted octanol–water partition coefficient (Wildman–Crippen LogP) is 1.38. The van der Waals surface area contributed by atoms with Crippen molar-refractivity contribution in [2.75, 3.05) is 6.54 Å². The first-order valence-electron chi connectivity index (χ1n) is 7.66. The first-order chi connectivity index (χ1) is 11.6. The fraction of sp³-hybridized carbons (Fsp3) is 0.167. The zero-order valence-electron chi connectivity index (χ0n) is 12.8. The average molecular weight is 321 g/mol. The van der Waals surface area contributed by atoms with Gasteiger partial charge in [0, 0.05) is 18.9 Å². The van der Waals surface area contributed by atoms with Crippen LogP contribution in [-0.4, -0.2) is 31.8 Å². The number of amides is 1. The van der Waals surface area contributed by atoms with E-state index in [1.54, 1.807) is 24.4 Å². The van der Waals surface area contributed by atoms with E-state index in [2.05, 4.69) is 4.98 Å². The van der Waals surface area contributed by atoms with Crippen molar-refractivity contribution >= 4 is 11.6 Å². The van der Waals surface area contributed by atoms with Gasteiger partial charge < -0.3 is 10.0 Å². The minimum atomic E-state index is -0.755. The van der Waals surface area contributed by atoms with Gasteiger partial charge in [-0.2, -0.15) is 0 Å². The van der Waals surface area contributed by atoms with E-state index in [1.807, 2.05) is 24.3 Å². The molecule has 120 valence electrons. The maximum atomic E-state index is 12.8. The number of aliphatic hydroxyl groups is 1. The molecule has 0 unspecified atom stereocenters. The number of carbonyl (C=O) groups is 1. The summed E-state index contributed by atoms with van der Waals surface area (Å²) in [5.41, 5.74) is 1.81. The summed E-state index contributed by atoms with van der Waals surface area (Å²) in [7, 11) is 0. The fourth-order valence-electron chi connectivity index (χ4n) is 3.08. The Morgan fingerprint density at radius 1 is 1.17 bits per heavy atom. The Kier molecular flexibility index (Phi) is 3.39. The number of fused-ring (bicyclic) bond motifs is 2. The molecule has 1 aliphatic heterocycles. The highest BCUT2D eigenvalue weighted by Gasteiger charge is 2.28. The van der Waals surface area contributed by atoms with E-state index in [-0.39, 0.29) is 12.1 Å². The lowest BCUT2D eigenvalue weighted by Gasteiger charge is -2.32. The monoisotopic (exact) mass is 321 g/mol. The third kappa shape index (κ3) is 2.28. The summed E-state index contributed by atoms with van der Waals surface area (Å²) in [4.78, 5) is 31.0. The number of pyridine rings is 1. The summed E-state index contributed by atoms with van der Waals surface area (Å²) >= 11 is 0. The minimum Gasteiger partial charge on any atom is -0.387 e.